The molecule has 4 nitrogen and oxygen atoms in total. The molecule has 0 heterocycles. The van der Waals surface area contributed by atoms with E-state index in [4.69, 9.17) is 5.11 Å². The van der Waals surface area contributed by atoms with Gasteiger partial charge in [0.15, 0.2) is 6.29 Å². The summed E-state index contributed by atoms with van der Waals surface area (Å²) >= 11 is 0. The third-order valence-electron chi connectivity index (χ3n) is 2.11. The molecule has 0 aromatic heterocycles. The predicted octanol–water partition coefficient (Wildman–Crippen LogP) is 1.45. The highest BCUT2D eigenvalue weighted by Gasteiger charge is 2.14. The molecule has 0 aliphatic carbocycles. The molecule has 0 aliphatic heterocycles. The van der Waals surface area contributed by atoms with E-state index >= 15 is 0 Å². The molecular weight excluding hydrogens is 196 g/mol. The van der Waals surface area contributed by atoms with Gasteiger partial charge in [-0.25, -0.2) is 4.79 Å². The minimum atomic E-state index is -1.62. The molecule has 0 rings (SSSR count). The molecule has 0 radical (unpaired) electrons. The number of carbonyl (C=O) groups is 2. The van der Waals surface area contributed by atoms with E-state index in [1.165, 1.54) is 19.3 Å². The van der Waals surface area contributed by atoms with Crippen LogP contribution in [0.3, 0.4) is 0 Å². The second-order valence-electron chi connectivity index (χ2n) is 3.52. The van der Waals surface area contributed by atoms with Gasteiger partial charge in [-0.1, -0.05) is 39.0 Å². The van der Waals surface area contributed by atoms with E-state index in [9.17, 15) is 9.59 Å². The summed E-state index contributed by atoms with van der Waals surface area (Å²) in [6.07, 6.45) is 5.16. The van der Waals surface area contributed by atoms with Gasteiger partial charge in [-0.15, -0.1) is 0 Å². The molecule has 0 saturated carbocycles. The van der Waals surface area contributed by atoms with Gasteiger partial charge in [-0.3, -0.25) is 4.79 Å². The Morgan fingerprint density at radius 1 is 1.27 bits per heavy atom. The van der Waals surface area contributed by atoms with Crippen LogP contribution in [0, 0.1) is 0 Å². The third-order valence-corrected chi connectivity index (χ3v) is 2.11. The molecule has 0 saturated heterocycles. The van der Waals surface area contributed by atoms with Crippen molar-refractivity contribution in [3.63, 3.8) is 0 Å². The lowest BCUT2D eigenvalue weighted by molar-refractivity contribution is -0.154. The molecule has 1 atom stereocenters. The number of ether oxygens (including phenoxy) is 1. The van der Waals surface area contributed by atoms with Gasteiger partial charge in [-0.2, -0.15) is 0 Å². The number of aliphatic hydroxyl groups excluding tert-OH is 1. The number of aldehydes is 1. The summed E-state index contributed by atoms with van der Waals surface area (Å²) in [5.74, 6) is -0.849. The SMILES string of the molecule is CCCCCCCCOC(=O)C(O)C=O. The number of carbonyl (C=O) groups excluding carboxylic acids is 2. The first-order valence-corrected chi connectivity index (χ1v) is 5.52. The lowest BCUT2D eigenvalue weighted by Crippen LogP contribution is -2.24. The number of esters is 1. The fourth-order valence-electron chi connectivity index (χ4n) is 1.20. The van der Waals surface area contributed by atoms with E-state index in [0.29, 0.717) is 0 Å². The van der Waals surface area contributed by atoms with E-state index in [2.05, 4.69) is 11.7 Å². The van der Waals surface area contributed by atoms with Crippen LogP contribution in [0.25, 0.3) is 0 Å². The molecule has 1 N–H and O–H groups in total. The van der Waals surface area contributed by atoms with Crippen molar-refractivity contribution in [1.29, 1.82) is 0 Å². The summed E-state index contributed by atoms with van der Waals surface area (Å²) in [4.78, 5) is 20.8. The van der Waals surface area contributed by atoms with Crippen LogP contribution in [0.1, 0.15) is 45.4 Å². The van der Waals surface area contributed by atoms with E-state index in [1.807, 2.05) is 0 Å². The Bertz CT molecular complexity index is 179. The minimum Gasteiger partial charge on any atom is -0.463 e. The van der Waals surface area contributed by atoms with Crippen molar-refractivity contribution in [3.05, 3.63) is 0 Å². The number of aliphatic hydroxyl groups is 1. The fraction of sp³-hybridized carbons (Fsp3) is 0.818. The quantitative estimate of drug-likeness (QED) is 0.274. The zero-order valence-corrected chi connectivity index (χ0v) is 9.28. The second kappa shape index (κ2) is 9.65. The van der Waals surface area contributed by atoms with Crippen molar-refractivity contribution in [1.82, 2.24) is 0 Å². The first-order valence-electron chi connectivity index (χ1n) is 5.52. The Morgan fingerprint density at radius 2 is 1.87 bits per heavy atom. The van der Waals surface area contributed by atoms with Gasteiger partial charge in [0.2, 0.25) is 6.10 Å². The maximum atomic E-state index is 10.8. The van der Waals surface area contributed by atoms with Crippen molar-refractivity contribution < 1.29 is 19.4 Å². The molecule has 0 aromatic carbocycles. The summed E-state index contributed by atoms with van der Waals surface area (Å²) in [6.45, 7) is 2.44. The highest BCUT2D eigenvalue weighted by atomic mass is 16.5. The van der Waals surface area contributed by atoms with Crippen molar-refractivity contribution >= 4 is 12.3 Å². The number of rotatable bonds is 9. The molecule has 0 fully saturated rings. The number of hydrogen-bond donors (Lipinski definition) is 1. The molecule has 1 unspecified atom stereocenters. The first-order chi connectivity index (χ1) is 7.22. The van der Waals surface area contributed by atoms with Crippen LogP contribution in [-0.4, -0.2) is 30.1 Å². The van der Waals surface area contributed by atoms with Crippen LogP contribution >= 0.6 is 0 Å². The van der Waals surface area contributed by atoms with Crippen LogP contribution in [0.4, 0.5) is 0 Å². The van der Waals surface area contributed by atoms with Crippen LogP contribution < -0.4 is 0 Å². The topological polar surface area (TPSA) is 63.6 Å². The van der Waals surface area contributed by atoms with Gasteiger partial charge in [0.25, 0.3) is 0 Å². The summed E-state index contributed by atoms with van der Waals surface area (Å²) in [5, 5.41) is 8.76. The zero-order chi connectivity index (χ0) is 11.5. The monoisotopic (exact) mass is 216 g/mol. The molecule has 4 heteroatoms. The Labute approximate surface area is 90.6 Å². The molecular formula is C11H20O4. The van der Waals surface area contributed by atoms with Crippen molar-refractivity contribution in [2.75, 3.05) is 6.61 Å². The largest absolute Gasteiger partial charge is 0.463 e. The minimum absolute atomic E-state index is 0.170. The fourth-order valence-corrected chi connectivity index (χ4v) is 1.20. The summed E-state index contributed by atoms with van der Waals surface area (Å²) in [5.41, 5.74) is 0. The van der Waals surface area contributed by atoms with Gasteiger partial charge in [0, 0.05) is 0 Å². The molecule has 15 heavy (non-hydrogen) atoms. The molecule has 0 spiro atoms. The van der Waals surface area contributed by atoms with Gasteiger partial charge in [0.05, 0.1) is 6.61 Å². The second-order valence-corrected chi connectivity index (χ2v) is 3.52. The van der Waals surface area contributed by atoms with Crippen LogP contribution in [-0.2, 0) is 14.3 Å². The van der Waals surface area contributed by atoms with Gasteiger partial charge >= 0.3 is 5.97 Å². The van der Waals surface area contributed by atoms with Gasteiger partial charge < -0.3 is 9.84 Å². The highest BCUT2D eigenvalue weighted by molar-refractivity contribution is 5.90. The van der Waals surface area contributed by atoms with Crippen LogP contribution in [0.2, 0.25) is 0 Å². The van der Waals surface area contributed by atoms with Crippen LogP contribution in [0.5, 0.6) is 0 Å². The standard InChI is InChI=1S/C11H20O4/c1-2-3-4-5-6-7-8-15-11(14)10(13)9-12/h9-10,13H,2-8H2,1H3. The van der Waals surface area contributed by atoms with Crippen molar-refractivity contribution in [2.45, 2.75) is 51.6 Å². The van der Waals surface area contributed by atoms with E-state index in [1.54, 1.807) is 0 Å². The van der Waals surface area contributed by atoms with Crippen molar-refractivity contribution in [3.8, 4) is 0 Å². The van der Waals surface area contributed by atoms with Gasteiger partial charge in [-0.05, 0) is 6.42 Å². The maximum absolute atomic E-state index is 10.8. The summed E-state index contributed by atoms with van der Waals surface area (Å²) < 4.78 is 4.68. The van der Waals surface area contributed by atoms with E-state index in [-0.39, 0.29) is 12.9 Å². The molecule has 0 amide bonds. The van der Waals surface area contributed by atoms with E-state index in [0.717, 1.165) is 19.3 Å². The maximum Gasteiger partial charge on any atom is 0.342 e. The molecule has 0 aliphatic rings. The first kappa shape index (κ1) is 14.1. The lowest BCUT2D eigenvalue weighted by atomic mass is 10.1. The highest BCUT2D eigenvalue weighted by Crippen LogP contribution is 2.04. The Morgan fingerprint density at radius 3 is 2.47 bits per heavy atom. The summed E-state index contributed by atoms with van der Waals surface area (Å²) in [6, 6.07) is 0. The van der Waals surface area contributed by atoms with Crippen molar-refractivity contribution in [2.24, 2.45) is 0 Å². The third kappa shape index (κ3) is 8.12. The lowest BCUT2D eigenvalue weighted by Gasteiger charge is -2.05. The van der Waals surface area contributed by atoms with Crippen LogP contribution in [0.15, 0.2) is 0 Å². The smallest absolute Gasteiger partial charge is 0.342 e. The molecule has 0 aromatic rings. The average molecular weight is 216 g/mol. The Hall–Kier alpha value is -0.900. The van der Waals surface area contributed by atoms with Gasteiger partial charge in [0.1, 0.15) is 0 Å². The predicted molar refractivity (Wildman–Crippen MR) is 56.4 cm³/mol. The average Bonchev–Trinajstić information content (AvgIpc) is 2.26. The zero-order valence-electron chi connectivity index (χ0n) is 9.28. The summed E-state index contributed by atoms with van der Waals surface area (Å²) in [7, 11) is 0. The normalized spacial score (nSPS) is 12.1. The molecule has 88 valence electrons. The number of unbranched alkanes of at least 4 members (excludes halogenated alkanes) is 5. The Kier molecular flexibility index (Phi) is 9.07. The number of hydrogen-bond acceptors (Lipinski definition) is 4. The Balaban J connectivity index is 3.23. The van der Waals surface area contributed by atoms with E-state index < -0.39 is 12.1 Å². The molecule has 0 bridgehead atoms.